The van der Waals surface area contributed by atoms with Crippen LogP contribution in [0.4, 0.5) is 5.69 Å². The highest BCUT2D eigenvalue weighted by molar-refractivity contribution is 9.10. The van der Waals surface area contributed by atoms with Crippen LogP contribution < -0.4 is 5.32 Å². The van der Waals surface area contributed by atoms with Crippen molar-refractivity contribution >= 4 is 60.8 Å². The van der Waals surface area contributed by atoms with Gasteiger partial charge < -0.3 is 5.32 Å². The Morgan fingerprint density at radius 3 is 2.15 bits per heavy atom. The first-order valence-corrected chi connectivity index (χ1v) is 9.58. The van der Waals surface area contributed by atoms with Gasteiger partial charge in [0.2, 0.25) is 0 Å². The van der Waals surface area contributed by atoms with Gasteiger partial charge in [-0.15, -0.1) is 0 Å². The third-order valence-electron chi connectivity index (χ3n) is 3.71. The van der Waals surface area contributed by atoms with Crippen molar-refractivity contribution in [2.75, 3.05) is 5.32 Å². The van der Waals surface area contributed by atoms with Crippen molar-refractivity contribution in [3.63, 3.8) is 0 Å². The fourth-order valence-electron chi connectivity index (χ4n) is 2.44. The minimum Gasteiger partial charge on any atom is -0.321 e. The Kier molecular flexibility index (Phi) is 5.91. The largest absolute Gasteiger partial charge is 0.321 e. The van der Waals surface area contributed by atoms with E-state index in [2.05, 4.69) is 37.2 Å². The fraction of sp³-hybridized carbons (Fsp3) is 0. The predicted octanol–water partition coefficient (Wildman–Crippen LogP) is 6.35. The van der Waals surface area contributed by atoms with E-state index in [0.717, 1.165) is 4.47 Å². The van der Waals surface area contributed by atoms with Crippen LogP contribution in [0.15, 0.2) is 75.7 Å². The summed E-state index contributed by atoms with van der Waals surface area (Å²) in [6.07, 6.45) is 0. The molecule has 0 aromatic heterocycles. The molecule has 3 aromatic carbocycles. The summed E-state index contributed by atoms with van der Waals surface area (Å²) in [6, 6.07) is 19.0. The van der Waals surface area contributed by atoms with Crippen LogP contribution in [-0.4, -0.2) is 11.7 Å². The van der Waals surface area contributed by atoms with Crippen LogP contribution in [0.1, 0.15) is 26.3 Å². The van der Waals surface area contributed by atoms with Crippen LogP contribution in [0.3, 0.4) is 0 Å². The molecule has 130 valence electrons. The number of nitrogens with one attached hydrogen (secondary N) is 1. The standard InChI is InChI=1S/C20H12Br2ClNO2/c21-12-9-10-18(24-20(26)13-5-1-3-7-16(13)22)15(11-12)19(25)14-6-2-4-8-17(14)23/h1-11H,(H,24,26). The molecule has 1 amide bonds. The molecule has 0 fully saturated rings. The normalized spacial score (nSPS) is 10.4. The molecule has 0 atom stereocenters. The van der Waals surface area contributed by atoms with E-state index in [9.17, 15) is 9.59 Å². The number of ketones is 1. The van der Waals surface area contributed by atoms with E-state index in [1.807, 2.05) is 6.07 Å². The maximum absolute atomic E-state index is 13.0. The van der Waals surface area contributed by atoms with Gasteiger partial charge in [-0.05, 0) is 58.4 Å². The molecular weight excluding hydrogens is 481 g/mol. The summed E-state index contributed by atoms with van der Waals surface area (Å²) in [7, 11) is 0. The van der Waals surface area contributed by atoms with E-state index < -0.39 is 0 Å². The van der Waals surface area contributed by atoms with Crippen molar-refractivity contribution in [1.82, 2.24) is 0 Å². The van der Waals surface area contributed by atoms with Crippen LogP contribution in [0.5, 0.6) is 0 Å². The van der Waals surface area contributed by atoms with Crippen molar-refractivity contribution in [3.05, 3.63) is 97.4 Å². The Hall–Kier alpha value is -1.95. The van der Waals surface area contributed by atoms with Crippen molar-refractivity contribution in [2.45, 2.75) is 0 Å². The van der Waals surface area contributed by atoms with Crippen LogP contribution in [-0.2, 0) is 0 Å². The molecule has 3 aromatic rings. The minimum atomic E-state index is -0.312. The fourth-order valence-corrected chi connectivity index (χ4v) is 3.49. The van der Waals surface area contributed by atoms with Gasteiger partial charge in [-0.3, -0.25) is 9.59 Å². The lowest BCUT2D eigenvalue weighted by Gasteiger charge is -2.12. The van der Waals surface area contributed by atoms with E-state index in [4.69, 9.17) is 11.6 Å². The zero-order valence-corrected chi connectivity index (χ0v) is 17.2. The monoisotopic (exact) mass is 491 g/mol. The molecule has 0 unspecified atom stereocenters. The Morgan fingerprint density at radius 1 is 0.808 bits per heavy atom. The summed E-state index contributed by atoms with van der Waals surface area (Å²) in [6.45, 7) is 0. The van der Waals surface area contributed by atoms with Gasteiger partial charge in [0.15, 0.2) is 5.78 Å². The minimum absolute atomic E-state index is 0.265. The summed E-state index contributed by atoms with van der Waals surface area (Å²) < 4.78 is 1.40. The van der Waals surface area contributed by atoms with Gasteiger partial charge >= 0.3 is 0 Å². The molecule has 0 bridgehead atoms. The molecule has 0 aliphatic carbocycles. The van der Waals surface area contributed by atoms with E-state index >= 15 is 0 Å². The molecule has 0 spiro atoms. The number of carbonyl (C=O) groups is 2. The molecule has 26 heavy (non-hydrogen) atoms. The van der Waals surface area contributed by atoms with Crippen LogP contribution in [0.2, 0.25) is 5.02 Å². The summed E-state index contributed by atoms with van der Waals surface area (Å²) in [5.74, 6) is -0.577. The molecule has 3 nitrogen and oxygen atoms in total. The topological polar surface area (TPSA) is 46.2 Å². The summed E-state index contributed by atoms with van der Waals surface area (Å²) >= 11 is 12.9. The smallest absolute Gasteiger partial charge is 0.256 e. The number of carbonyl (C=O) groups excluding carboxylic acids is 2. The maximum Gasteiger partial charge on any atom is 0.256 e. The quantitative estimate of drug-likeness (QED) is 0.431. The first-order chi connectivity index (χ1) is 12.5. The molecule has 0 saturated heterocycles. The second-order valence-electron chi connectivity index (χ2n) is 5.43. The van der Waals surface area contributed by atoms with Gasteiger partial charge in [0, 0.05) is 20.1 Å². The van der Waals surface area contributed by atoms with E-state index in [1.54, 1.807) is 60.7 Å². The highest BCUT2D eigenvalue weighted by atomic mass is 79.9. The summed E-state index contributed by atoms with van der Waals surface area (Å²) in [5, 5.41) is 3.17. The van der Waals surface area contributed by atoms with Crippen LogP contribution in [0.25, 0.3) is 0 Å². The van der Waals surface area contributed by atoms with Gasteiger partial charge in [-0.25, -0.2) is 0 Å². The lowest BCUT2D eigenvalue weighted by atomic mass is 10.0. The van der Waals surface area contributed by atoms with E-state index in [0.29, 0.717) is 31.9 Å². The molecule has 0 heterocycles. The Morgan fingerprint density at radius 2 is 1.46 bits per heavy atom. The maximum atomic E-state index is 13.0. The Balaban J connectivity index is 1.99. The van der Waals surface area contributed by atoms with E-state index in [-0.39, 0.29) is 11.7 Å². The lowest BCUT2D eigenvalue weighted by molar-refractivity contribution is 0.102. The van der Waals surface area contributed by atoms with Crippen LogP contribution >= 0.6 is 43.5 Å². The molecule has 0 radical (unpaired) electrons. The first-order valence-electron chi connectivity index (χ1n) is 7.62. The van der Waals surface area contributed by atoms with Crippen molar-refractivity contribution < 1.29 is 9.59 Å². The van der Waals surface area contributed by atoms with E-state index in [1.165, 1.54) is 0 Å². The number of halogens is 3. The number of hydrogen-bond donors (Lipinski definition) is 1. The third-order valence-corrected chi connectivity index (χ3v) is 5.23. The Bertz CT molecular complexity index is 1000. The SMILES string of the molecule is O=C(Nc1ccc(Br)cc1C(=O)c1ccccc1Cl)c1ccccc1Br. The summed E-state index contributed by atoms with van der Waals surface area (Å²) in [4.78, 5) is 25.6. The average molecular weight is 494 g/mol. The van der Waals surface area contributed by atoms with Crippen molar-refractivity contribution in [2.24, 2.45) is 0 Å². The third kappa shape index (κ3) is 4.06. The van der Waals surface area contributed by atoms with Gasteiger partial charge in [0.05, 0.1) is 16.3 Å². The van der Waals surface area contributed by atoms with Crippen molar-refractivity contribution in [1.29, 1.82) is 0 Å². The molecular formula is C20H12Br2ClNO2. The first kappa shape index (κ1) is 18.8. The predicted molar refractivity (Wildman–Crippen MR) is 111 cm³/mol. The zero-order valence-electron chi connectivity index (χ0n) is 13.3. The molecule has 6 heteroatoms. The van der Waals surface area contributed by atoms with Gasteiger partial charge in [-0.2, -0.15) is 0 Å². The molecule has 1 N–H and O–H groups in total. The lowest BCUT2D eigenvalue weighted by Crippen LogP contribution is -2.16. The average Bonchev–Trinajstić information content (AvgIpc) is 2.63. The number of hydrogen-bond acceptors (Lipinski definition) is 2. The van der Waals surface area contributed by atoms with Crippen LogP contribution in [0, 0.1) is 0 Å². The second kappa shape index (κ2) is 8.16. The molecule has 0 saturated carbocycles. The van der Waals surface area contributed by atoms with Crippen molar-refractivity contribution in [3.8, 4) is 0 Å². The number of rotatable bonds is 4. The second-order valence-corrected chi connectivity index (χ2v) is 7.61. The number of benzene rings is 3. The van der Waals surface area contributed by atoms with Gasteiger partial charge in [0.25, 0.3) is 5.91 Å². The molecule has 3 rings (SSSR count). The Labute approximate surface area is 172 Å². The molecule has 0 aliphatic rings. The highest BCUT2D eigenvalue weighted by Crippen LogP contribution is 2.27. The van der Waals surface area contributed by atoms with Gasteiger partial charge in [-0.1, -0.05) is 51.8 Å². The molecule has 0 aliphatic heterocycles. The zero-order chi connectivity index (χ0) is 18.7. The number of anilines is 1. The highest BCUT2D eigenvalue weighted by Gasteiger charge is 2.19. The summed E-state index contributed by atoms with van der Waals surface area (Å²) in [5.41, 5.74) is 1.63. The van der Waals surface area contributed by atoms with Gasteiger partial charge in [0.1, 0.15) is 0 Å². The number of amides is 1.